The van der Waals surface area contributed by atoms with Gasteiger partial charge in [-0.3, -0.25) is 4.72 Å². The van der Waals surface area contributed by atoms with E-state index in [0.29, 0.717) is 11.4 Å². The van der Waals surface area contributed by atoms with Crippen molar-refractivity contribution in [3.05, 3.63) is 38.7 Å². The summed E-state index contributed by atoms with van der Waals surface area (Å²) in [5.74, 6) is 0. The number of nitrogen functional groups attached to an aromatic ring is 1. The summed E-state index contributed by atoms with van der Waals surface area (Å²) in [6.07, 6.45) is 0. The Bertz CT molecular complexity index is 747. The normalized spacial score (nSPS) is 11.6. The Morgan fingerprint density at radius 1 is 1.20 bits per heavy atom. The van der Waals surface area contributed by atoms with Crippen LogP contribution in [0.2, 0.25) is 0 Å². The molecule has 1 aromatic heterocycles. The smallest absolute Gasteiger partial charge is 0.271 e. The highest BCUT2D eigenvalue weighted by atomic mass is 79.9. The third kappa shape index (κ3) is 2.84. The number of nitrogens with one attached hydrogen (secondary N) is 1. The molecule has 0 aliphatic rings. The van der Waals surface area contributed by atoms with E-state index in [4.69, 9.17) is 5.73 Å². The largest absolute Gasteiger partial charge is 0.398 e. The van der Waals surface area contributed by atoms with E-state index in [2.05, 4.69) is 20.7 Å². The molecule has 0 atom stereocenters. The van der Waals surface area contributed by atoms with Crippen LogP contribution in [0.1, 0.15) is 16.7 Å². The van der Waals surface area contributed by atoms with Gasteiger partial charge in [-0.15, -0.1) is 11.3 Å². The molecular weight excluding hydrogens is 360 g/mol. The van der Waals surface area contributed by atoms with Crippen molar-refractivity contribution in [1.82, 2.24) is 0 Å². The Labute approximate surface area is 131 Å². The predicted molar refractivity (Wildman–Crippen MR) is 87.9 cm³/mol. The molecule has 0 unspecified atom stereocenters. The summed E-state index contributed by atoms with van der Waals surface area (Å²) in [6, 6.07) is 5.17. The number of nitrogens with two attached hydrogens (primary N) is 1. The molecule has 1 heterocycles. The number of aryl methyl sites for hydroxylation is 2. The van der Waals surface area contributed by atoms with Crippen LogP contribution in [0.25, 0.3) is 0 Å². The molecule has 2 rings (SSSR count). The number of benzene rings is 1. The maximum Gasteiger partial charge on any atom is 0.271 e. The van der Waals surface area contributed by atoms with E-state index < -0.39 is 10.0 Å². The van der Waals surface area contributed by atoms with E-state index in [1.807, 2.05) is 13.8 Å². The van der Waals surface area contributed by atoms with Gasteiger partial charge >= 0.3 is 0 Å². The van der Waals surface area contributed by atoms with E-state index in [9.17, 15) is 8.42 Å². The van der Waals surface area contributed by atoms with E-state index in [1.165, 1.54) is 11.3 Å². The summed E-state index contributed by atoms with van der Waals surface area (Å²) in [5.41, 5.74) is 9.61. The number of anilines is 2. The Morgan fingerprint density at radius 3 is 2.40 bits per heavy atom. The van der Waals surface area contributed by atoms with Crippen LogP contribution in [-0.2, 0) is 10.0 Å². The number of sulfonamides is 1. The third-order valence-electron chi connectivity index (χ3n) is 3.08. The van der Waals surface area contributed by atoms with Crippen molar-refractivity contribution in [2.75, 3.05) is 10.5 Å². The molecule has 7 heteroatoms. The van der Waals surface area contributed by atoms with Gasteiger partial charge in [-0.1, -0.05) is 6.07 Å². The quantitative estimate of drug-likeness (QED) is 0.802. The highest BCUT2D eigenvalue weighted by Gasteiger charge is 2.19. The minimum Gasteiger partial charge on any atom is -0.398 e. The molecule has 0 aliphatic heterocycles. The molecule has 0 fully saturated rings. The van der Waals surface area contributed by atoms with Gasteiger partial charge in [-0.25, -0.2) is 8.42 Å². The fourth-order valence-electron chi connectivity index (χ4n) is 1.73. The molecule has 0 amide bonds. The number of hydrogen-bond donors (Lipinski definition) is 2. The van der Waals surface area contributed by atoms with Crippen molar-refractivity contribution in [2.45, 2.75) is 25.0 Å². The molecule has 0 radical (unpaired) electrons. The van der Waals surface area contributed by atoms with Crippen molar-refractivity contribution in [1.29, 1.82) is 0 Å². The Hall–Kier alpha value is -1.05. The number of thiophene rings is 1. The van der Waals surface area contributed by atoms with Crippen LogP contribution in [0.5, 0.6) is 0 Å². The summed E-state index contributed by atoms with van der Waals surface area (Å²) < 4.78 is 28.4. The Balaban J connectivity index is 2.41. The fraction of sp³-hybridized carbons (Fsp3) is 0.231. The van der Waals surface area contributed by atoms with Crippen LogP contribution in [-0.4, -0.2) is 8.42 Å². The van der Waals surface area contributed by atoms with Crippen LogP contribution < -0.4 is 10.5 Å². The van der Waals surface area contributed by atoms with Crippen LogP contribution in [0.3, 0.4) is 0 Å². The molecule has 2 aromatic rings. The molecule has 0 saturated carbocycles. The molecule has 20 heavy (non-hydrogen) atoms. The molecule has 0 aliphatic carbocycles. The van der Waals surface area contributed by atoms with Gasteiger partial charge in [0.1, 0.15) is 4.21 Å². The molecule has 0 spiro atoms. The maximum atomic E-state index is 12.4. The lowest BCUT2D eigenvalue weighted by molar-refractivity contribution is 0.603. The second-order valence-corrected chi connectivity index (χ2v) is 8.88. The first-order valence-electron chi connectivity index (χ1n) is 5.87. The molecule has 0 saturated heterocycles. The third-order valence-corrected chi connectivity index (χ3v) is 7.05. The molecule has 0 bridgehead atoms. The summed E-state index contributed by atoms with van der Waals surface area (Å²) in [4.78, 5) is 0. The molecule has 108 valence electrons. The van der Waals surface area contributed by atoms with Crippen LogP contribution >= 0.6 is 27.3 Å². The molecule has 4 nitrogen and oxygen atoms in total. The van der Waals surface area contributed by atoms with Crippen LogP contribution in [0.15, 0.2) is 26.2 Å². The van der Waals surface area contributed by atoms with Gasteiger partial charge in [0, 0.05) is 5.69 Å². The van der Waals surface area contributed by atoms with Crippen LogP contribution in [0.4, 0.5) is 11.4 Å². The average molecular weight is 375 g/mol. The van der Waals surface area contributed by atoms with E-state index in [0.717, 1.165) is 20.5 Å². The molecule has 3 N–H and O–H groups in total. The van der Waals surface area contributed by atoms with Gasteiger partial charge in [0.15, 0.2) is 0 Å². The SMILES string of the molecule is Cc1cc(S(=O)(=O)Nc2ccc(C)c(N)c2C)sc1Br. The van der Waals surface area contributed by atoms with Gasteiger partial charge in [0.2, 0.25) is 0 Å². The summed E-state index contributed by atoms with van der Waals surface area (Å²) >= 11 is 4.52. The van der Waals surface area contributed by atoms with E-state index in [1.54, 1.807) is 25.1 Å². The van der Waals surface area contributed by atoms with Crippen molar-refractivity contribution in [2.24, 2.45) is 0 Å². The standard InChI is InChI=1S/C13H15BrN2O2S2/c1-7-4-5-10(9(3)12(7)15)16-20(17,18)11-6-8(2)13(14)19-11/h4-6,16H,15H2,1-3H3. The van der Waals surface area contributed by atoms with Crippen molar-refractivity contribution in [3.8, 4) is 0 Å². The highest BCUT2D eigenvalue weighted by Crippen LogP contribution is 2.33. The van der Waals surface area contributed by atoms with Crippen molar-refractivity contribution in [3.63, 3.8) is 0 Å². The zero-order valence-electron chi connectivity index (χ0n) is 11.3. The number of rotatable bonds is 3. The van der Waals surface area contributed by atoms with Crippen LogP contribution in [0, 0.1) is 20.8 Å². The fourth-order valence-corrected chi connectivity index (χ4v) is 5.08. The van der Waals surface area contributed by atoms with Crippen molar-refractivity contribution >= 4 is 48.7 Å². The van der Waals surface area contributed by atoms with E-state index in [-0.39, 0.29) is 4.21 Å². The summed E-state index contributed by atoms with van der Waals surface area (Å²) in [6.45, 7) is 5.55. The zero-order chi connectivity index (χ0) is 15.1. The van der Waals surface area contributed by atoms with Crippen molar-refractivity contribution < 1.29 is 8.42 Å². The summed E-state index contributed by atoms with van der Waals surface area (Å²) in [5, 5.41) is 0. The topological polar surface area (TPSA) is 72.2 Å². The predicted octanol–water partition coefficient (Wildman–Crippen LogP) is 3.82. The number of halogens is 1. The molecular formula is C13H15BrN2O2S2. The first-order valence-corrected chi connectivity index (χ1v) is 8.96. The lowest BCUT2D eigenvalue weighted by atomic mass is 10.1. The van der Waals surface area contributed by atoms with Gasteiger partial charge in [0.05, 0.1) is 9.47 Å². The first kappa shape index (κ1) is 15.3. The van der Waals surface area contributed by atoms with Gasteiger partial charge in [-0.2, -0.15) is 0 Å². The Kier molecular flexibility index (Phi) is 4.13. The number of hydrogen-bond acceptors (Lipinski definition) is 4. The minimum atomic E-state index is -3.58. The Morgan fingerprint density at radius 2 is 1.85 bits per heavy atom. The minimum absolute atomic E-state index is 0.278. The summed E-state index contributed by atoms with van der Waals surface area (Å²) in [7, 11) is -3.58. The van der Waals surface area contributed by atoms with E-state index >= 15 is 0 Å². The maximum absolute atomic E-state index is 12.4. The molecule has 1 aromatic carbocycles. The average Bonchev–Trinajstić information content (AvgIpc) is 2.71. The second kappa shape index (κ2) is 5.38. The lowest BCUT2D eigenvalue weighted by Crippen LogP contribution is -2.13. The van der Waals surface area contributed by atoms with Gasteiger partial charge in [-0.05, 0) is 65.5 Å². The van der Waals surface area contributed by atoms with Gasteiger partial charge in [0.25, 0.3) is 10.0 Å². The lowest BCUT2D eigenvalue weighted by Gasteiger charge is -2.12. The zero-order valence-corrected chi connectivity index (χ0v) is 14.5. The first-order chi connectivity index (χ1) is 9.22. The second-order valence-electron chi connectivity index (χ2n) is 4.60. The monoisotopic (exact) mass is 374 g/mol. The van der Waals surface area contributed by atoms with Gasteiger partial charge < -0.3 is 5.73 Å². The highest BCUT2D eigenvalue weighted by molar-refractivity contribution is 9.11.